The summed E-state index contributed by atoms with van der Waals surface area (Å²) in [6.45, 7) is 7.37. The molecule has 1 saturated carbocycles. The van der Waals surface area contributed by atoms with E-state index in [9.17, 15) is 13.2 Å². The van der Waals surface area contributed by atoms with Crippen LogP contribution in [0.3, 0.4) is 0 Å². The number of aromatic nitrogens is 3. The normalized spacial score (nSPS) is 18.7. The van der Waals surface area contributed by atoms with Gasteiger partial charge in [0, 0.05) is 17.6 Å². The van der Waals surface area contributed by atoms with Crippen molar-refractivity contribution in [3.63, 3.8) is 0 Å². The number of nitrogens with zero attached hydrogens (tertiary/aromatic N) is 3. The van der Waals surface area contributed by atoms with Crippen LogP contribution in [0.2, 0.25) is 0 Å². The molecule has 0 unspecified atom stereocenters. The average Bonchev–Trinajstić information content (AvgIpc) is 3.69. The van der Waals surface area contributed by atoms with Gasteiger partial charge in [0.05, 0.1) is 18.5 Å². The molecule has 0 saturated heterocycles. The Bertz CT molecular complexity index is 1900. The van der Waals surface area contributed by atoms with Crippen molar-refractivity contribution in [2.24, 2.45) is 0 Å². The number of amides is 2. The fraction of sp³-hybridized carbons (Fsp3) is 0.472. The standard InChI is InChI=1S/C36H47N7O4S/c1-35(2,3)25-19-24(22-38-48(5,45)46)20-26(21-25)39-34(44)40-30-12-13-31(29-10-7-6-9-28(29)30)47-27-11-14-32-41-42-33(43(32)23-27)36(16-17-36)15-8-18-37-4/h6-7,9-11,14,19-21,23,30-31,37-38H,8,12-13,15-18,22H2,1-5H3,(H2,39,40,44)/t30-,31+/m0/s1. The summed E-state index contributed by atoms with van der Waals surface area (Å²) in [4.78, 5) is 13.4. The Labute approximate surface area is 283 Å². The molecule has 4 aromatic rings. The van der Waals surface area contributed by atoms with Crippen molar-refractivity contribution in [2.75, 3.05) is 25.2 Å². The topological polar surface area (TPSA) is 139 Å². The van der Waals surface area contributed by atoms with Gasteiger partial charge in [-0.2, -0.15) is 0 Å². The molecule has 12 heteroatoms. The Morgan fingerprint density at radius 1 is 1.04 bits per heavy atom. The molecule has 0 radical (unpaired) electrons. The Balaban J connectivity index is 1.16. The smallest absolute Gasteiger partial charge is 0.319 e. The van der Waals surface area contributed by atoms with E-state index in [1.54, 1.807) is 6.07 Å². The van der Waals surface area contributed by atoms with Crippen LogP contribution in [0.25, 0.3) is 5.65 Å². The van der Waals surface area contributed by atoms with E-state index in [4.69, 9.17) is 4.74 Å². The maximum absolute atomic E-state index is 13.4. The first-order valence-corrected chi connectivity index (χ1v) is 18.6. The van der Waals surface area contributed by atoms with Gasteiger partial charge in [-0.15, -0.1) is 10.2 Å². The van der Waals surface area contributed by atoms with Crippen molar-refractivity contribution >= 4 is 27.4 Å². The van der Waals surface area contributed by atoms with Gasteiger partial charge in [-0.1, -0.05) is 51.1 Å². The Morgan fingerprint density at radius 3 is 2.52 bits per heavy atom. The lowest BCUT2D eigenvalue weighted by Crippen LogP contribution is -2.35. The number of anilines is 1. The first-order chi connectivity index (χ1) is 22.8. The zero-order chi connectivity index (χ0) is 34.1. The summed E-state index contributed by atoms with van der Waals surface area (Å²) < 4.78 is 34.7. The van der Waals surface area contributed by atoms with Crippen LogP contribution in [-0.4, -0.2) is 48.9 Å². The molecule has 2 aliphatic carbocycles. The van der Waals surface area contributed by atoms with Crippen molar-refractivity contribution < 1.29 is 17.9 Å². The maximum atomic E-state index is 13.4. The number of fused-ring (bicyclic) bond motifs is 2. The van der Waals surface area contributed by atoms with Crippen molar-refractivity contribution in [1.82, 2.24) is 30.0 Å². The second-order valence-corrected chi connectivity index (χ2v) is 16.2. The van der Waals surface area contributed by atoms with E-state index in [1.165, 1.54) is 0 Å². The molecule has 0 spiro atoms. The van der Waals surface area contributed by atoms with Crippen LogP contribution >= 0.6 is 0 Å². The highest BCUT2D eigenvalue weighted by atomic mass is 32.2. The van der Waals surface area contributed by atoms with E-state index < -0.39 is 10.0 Å². The predicted molar refractivity (Wildman–Crippen MR) is 188 cm³/mol. The molecule has 256 valence electrons. The Morgan fingerprint density at radius 2 is 1.81 bits per heavy atom. The third kappa shape index (κ3) is 7.82. The van der Waals surface area contributed by atoms with Crippen LogP contribution in [0, 0.1) is 0 Å². The van der Waals surface area contributed by atoms with Gasteiger partial charge in [-0.05, 0) is 104 Å². The average molecular weight is 674 g/mol. The van der Waals surface area contributed by atoms with Crippen LogP contribution in [0.15, 0.2) is 60.8 Å². The minimum atomic E-state index is -3.36. The van der Waals surface area contributed by atoms with E-state index >= 15 is 0 Å². The van der Waals surface area contributed by atoms with Gasteiger partial charge in [0.15, 0.2) is 5.65 Å². The van der Waals surface area contributed by atoms with Crippen LogP contribution in [0.1, 0.15) is 99.5 Å². The number of rotatable bonds is 12. The first kappa shape index (κ1) is 33.9. The van der Waals surface area contributed by atoms with Gasteiger partial charge in [0.25, 0.3) is 0 Å². The van der Waals surface area contributed by atoms with E-state index in [0.29, 0.717) is 12.1 Å². The number of hydrogen-bond donors (Lipinski definition) is 4. The first-order valence-electron chi connectivity index (χ1n) is 16.8. The molecule has 11 nitrogen and oxygen atoms in total. The molecule has 2 heterocycles. The van der Waals surface area contributed by atoms with Gasteiger partial charge in [0.2, 0.25) is 10.0 Å². The number of carbonyl (C=O) groups is 1. The number of pyridine rings is 1. The quantitative estimate of drug-likeness (QED) is 0.138. The van der Waals surface area contributed by atoms with Gasteiger partial charge in [-0.25, -0.2) is 17.9 Å². The fourth-order valence-electron chi connectivity index (χ4n) is 6.67. The molecule has 2 aromatic carbocycles. The lowest BCUT2D eigenvalue weighted by atomic mass is 9.85. The highest BCUT2D eigenvalue weighted by molar-refractivity contribution is 7.88. The lowest BCUT2D eigenvalue weighted by Gasteiger charge is -2.32. The second kappa shape index (κ2) is 13.5. The molecule has 2 atom stereocenters. The molecule has 48 heavy (non-hydrogen) atoms. The molecule has 2 aliphatic rings. The van der Waals surface area contributed by atoms with Crippen LogP contribution in [-0.2, 0) is 27.4 Å². The molecular formula is C36H47N7O4S. The van der Waals surface area contributed by atoms with E-state index in [1.807, 2.05) is 55.7 Å². The van der Waals surface area contributed by atoms with Gasteiger partial charge in [0.1, 0.15) is 17.7 Å². The van der Waals surface area contributed by atoms with Crippen LogP contribution in [0.4, 0.5) is 10.5 Å². The third-order valence-corrected chi connectivity index (χ3v) is 10.1. The molecule has 0 aliphatic heterocycles. The summed E-state index contributed by atoms with van der Waals surface area (Å²) in [6, 6.07) is 17.2. The van der Waals surface area contributed by atoms with E-state index in [2.05, 4.69) is 62.1 Å². The second-order valence-electron chi connectivity index (χ2n) is 14.3. The summed E-state index contributed by atoms with van der Waals surface area (Å²) in [5.41, 5.74) is 5.16. The number of urea groups is 1. The third-order valence-electron chi connectivity index (χ3n) is 9.46. The number of ether oxygens (including phenoxy) is 1. The highest BCUT2D eigenvalue weighted by Gasteiger charge is 2.47. The zero-order valence-corrected chi connectivity index (χ0v) is 29.3. The number of hydrogen-bond acceptors (Lipinski definition) is 7. The summed E-state index contributed by atoms with van der Waals surface area (Å²) >= 11 is 0. The molecular weight excluding hydrogens is 627 g/mol. The van der Waals surface area contributed by atoms with Gasteiger partial charge < -0.3 is 20.7 Å². The zero-order valence-electron chi connectivity index (χ0n) is 28.5. The monoisotopic (exact) mass is 673 g/mol. The summed E-state index contributed by atoms with van der Waals surface area (Å²) in [6.07, 6.45) is 8.86. The number of sulfonamides is 1. The number of nitrogens with one attached hydrogen (secondary N) is 4. The Hall–Kier alpha value is -4.00. The van der Waals surface area contributed by atoms with E-state index in [0.717, 1.165) is 84.4 Å². The largest absolute Gasteiger partial charge is 0.484 e. The highest BCUT2D eigenvalue weighted by Crippen LogP contribution is 2.51. The molecule has 4 N–H and O–H groups in total. The van der Waals surface area contributed by atoms with Crippen molar-refractivity contribution in [3.8, 4) is 5.75 Å². The molecule has 6 rings (SSSR count). The van der Waals surface area contributed by atoms with Crippen molar-refractivity contribution in [3.05, 3.63) is 88.9 Å². The van der Waals surface area contributed by atoms with Gasteiger partial charge in [-0.3, -0.25) is 4.40 Å². The molecule has 2 aromatic heterocycles. The van der Waals surface area contributed by atoms with Gasteiger partial charge >= 0.3 is 6.03 Å². The molecule has 1 fully saturated rings. The summed E-state index contributed by atoms with van der Waals surface area (Å²) in [5.74, 6) is 1.78. The molecule has 0 bridgehead atoms. The summed E-state index contributed by atoms with van der Waals surface area (Å²) in [5, 5.41) is 18.5. The predicted octanol–water partition coefficient (Wildman–Crippen LogP) is 5.88. The Kier molecular flexibility index (Phi) is 9.52. The number of benzene rings is 2. The van der Waals surface area contributed by atoms with Crippen LogP contribution in [0.5, 0.6) is 5.75 Å². The minimum Gasteiger partial charge on any atom is -0.484 e. The van der Waals surface area contributed by atoms with Crippen LogP contribution < -0.4 is 25.4 Å². The SMILES string of the molecule is CNCCCC1(c2nnc3ccc(O[C@@H]4CC[C@H](NC(=O)Nc5cc(CNS(C)(=O)=O)cc(C(C)(C)C)c5)c5ccccc54)cn23)CC1. The van der Waals surface area contributed by atoms with E-state index in [-0.39, 0.29) is 35.6 Å². The maximum Gasteiger partial charge on any atom is 0.319 e. The minimum absolute atomic E-state index is 0.0917. The summed E-state index contributed by atoms with van der Waals surface area (Å²) in [7, 11) is -1.38. The van der Waals surface area contributed by atoms with Crippen molar-refractivity contribution in [1.29, 1.82) is 0 Å². The fourth-order valence-corrected chi connectivity index (χ4v) is 7.10. The molecule has 2 amide bonds. The van der Waals surface area contributed by atoms with Crippen molar-refractivity contribution in [2.45, 2.75) is 88.8 Å². The lowest BCUT2D eigenvalue weighted by molar-refractivity contribution is 0.171. The number of carbonyl (C=O) groups excluding carboxylic acids is 1.